The normalized spacial score (nSPS) is 30.1. The van der Waals surface area contributed by atoms with Crippen molar-refractivity contribution < 1.29 is 4.74 Å². The van der Waals surface area contributed by atoms with Crippen molar-refractivity contribution >= 4 is 0 Å². The van der Waals surface area contributed by atoms with Crippen molar-refractivity contribution in [1.29, 1.82) is 0 Å². The highest BCUT2D eigenvalue weighted by Gasteiger charge is 2.29. The van der Waals surface area contributed by atoms with E-state index in [2.05, 4.69) is 39.9 Å². The zero-order valence-electron chi connectivity index (χ0n) is 14.5. The molecule has 1 saturated carbocycles. The minimum absolute atomic E-state index is 0.395. The molecule has 0 bridgehead atoms. The van der Waals surface area contributed by atoms with Crippen LogP contribution in [0.1, 0.15) is 79.6 Å². The van der Waals surface area contributed by atoms with Gasteiger partial charge in [-0.1, -0.05) is 41.0 Å². The fourth-order valence-corrected chi connectivity index (χ4v) is 3.40. The average molecular weight is 284 g/mol. The van der Waals surface area contributed by atoms with Gasteiger partial charge in [0, 0.05) is 6.04 Å². The maximum absolute atomic E-state index is 6.51. The maximum atomic E-state index is 6.51. The third-order valence-electron chi connectivity index (χ3n) is 5.02. The number of hydrogen-bond donors (Lipinski definition) is 1. The largest absolute Gasteiger partial charge is 0.373 e. The number of nitrogens with one attached hydrogen (secondary N) is 1. The van der Waals surface area contributed by atoms with E-state index in [4.69, 9.17) is 4.74 Å². The van der Waals surface area contributed by atoms with Crippen LogP contribution in [0.4, 0.5) is 0 Å². The number of rotatable bonds is 9. The van der Waals surface area contributed by atoms with Crippen molar-refractivity contribution in [2.45, 2.75) is 97.8 Å². The summed E-state index contributed by atoms with van der Waals surface area (Å²) in [5.74, 6) is 1.69. The van der Waals surface area contributed by atoms with E-state index in [0.717, 1.165) is 24.8 Å². The first-order chi connectivity index (χ1) is 9.62. The summed E-state index contributed by atoms with van der Waals surface area (Å²) in [5.41, 5.74) is 0. The molecule has 5 atom stereocenters. The van der Waals surface area contributed by atoms with Crippen molar-refractivity contribution in [3.8, 4) is 0 Å². The van der Waals surface area contributed by atoms with E-state index in [1.165, 1.54) is 38.5 Å². The Kier molecular flexibility index (Phi) is 8.79. The Bertz CT molecular complexity index is 244. The Labute approximate surface area is 127 Å². The summed E-state index contributed by atoms with van der Waals surface area (Å²) in [5, 5.41) is 3.71. The Hall–Kier alpha value is -0.0800. The number of hydrogen-bond acceptors (Lipinski definition) is 2. The molecule has 0 spiro atoms. The predicted octanol–water partition coefficient (Wildman–Crippen LogP) is 4.77. The molecule has 0 aliphatic heterocycles. The first kappa shape index (κ1) is 18.0. The van der Waals surface area contributed by atoms with Gasteiger partial charge in [0.1, 0.15) is 0 Å². The Morgan fingerprint density at radius 3 is 2.35 bits per heavy atom. The molecule has 5 unspecified atom stereocenters. The van der Waals surface area contributed by atoms with Gasteiger partial charge in [0.25, 0.3) is 0 Å². The van der Waals surface area contributed by atoms with Crippen LogP contribution in [0.2, 0.25) is 0 Å². The second-order valence-electron chi connectivity index (χ2n) is 6.82. The van der Waals surface area contributed by atoms with Gasteiger partial charge >= 0.3 is 0 Å². The SMILES string of the molecule is CCCNC(CCC)C(CC)OC1CCC(C)C(C)C1. The van der Waals surface area contributed by atoms with Crippen LogP contribution >= 0.6 is 0 Å². The van der Waals surface area contributed by atoms with Gasteiger partial charge in [-0.05, 0) is 56.9 Å². The van der Waals surface area contributed by atoms with Gasteiger partial charge in [0.15, 0.2) is 0 Å². The van der Waals surface area contributed by atoms with Gasteiger partial charge in [-0.2, -0.15) is 0 Å². The van der Waals surface area contributed by atoms with Gasteiger partial charge in [0.2, 0.25) is 0 Å². The van der Waals surface area contributed by atoms with Crippen LogP contribution in [0.3, 0.4) is 0 Å². The summed E-state index contributed by atoms with van der Waals surface area (Å²) in [4.78, 5) is 0. The average Bonchev–Trinajstić information content (AvgIpc) is 2.45. The van der Waals surface area contributed by atoms with E-state index in [1.807, 2.05) is 0 Å². The fourth-order valence-electron chi connectivity index (χ4n) is 3.40. The first-order valence-corrected chi connectivity index (χ1v) is 9.01. The van der Waals surface area contributed by atoms with Crippen molar-refractivity contribution in [2.75, 3.05) is 6.54 Å². The molecule has 2 nitrogen and oxygen atoms in total. The molecule has 1 aliphatic rings. The summed E-state index contributed by atoms with van der Waals surface area (Å²) in [7, 11) is 0. The Balaban J connectivity index is 2.50. The summed E-state index contributed by atoms with van der Waals surface area (Å²) < 4.78 is 6.51. The van der Waals surface area contributed by atoms with Crippen LogP contribution in [-0.2, 0) is 4.74 Å². The van der Waals surface area contributed by atoms with E-state index in [1.54, 1.807) is 0 Å². The van der Waals surface area contributed by atoms with E-state index in [-0.39, 0.29) is 0 Å². The van der Waals surface area contributed by atoms with Crippen molar-refractivity contribution in [3.05, 3.63) is 0 Å². The smallest absolute Gasteiger partial charge is 0.0729 e. The highest BCUT2D eigenvalue weighted by molar-refractivity contribution is 4.81. The molecule has 0 heterocycles. The quantitative estimate of drug-likeness (QED) is 0.658. The lowest BCUT2D eigenvalue weighted by Gasteiger charge is -2.36. The highest BCUT2D eigenvalue weighted by atomic mass is 16.5. The second kappa shape index (κ2) is 9.78. The molecule has 1 aliphatic carbocycles. The van der Waals surface area contributed by atoms with Gasteiger partial charge in [-0.15, -0.1) is 0 Å². The molecule has 20 heavy (non-hydrogen) atoms. The first-order valence-electron chi connectivity index (χ1n) is 9.01. The molecular formula is C18H37NO. The number of ether oxygens (including phenoxy) is 1. The molecule has 0 saturated heterocycles. The molecule has 0 aromatic heterocycles. The Morgan fingerprint density at radius 1 is 1.05 bits per heavy atom. The Morgan fingerprint density at radius 2 is 1.80 bits per heavy atom. The van der Waals surface area contributed by atoms with E-state index in [0.29, 0.717) is 18.2 Å². The summed E-state index contributed by atoms with van der Waals surface area (Å²) in [6.45, 7) is 12.7. The lowest BCUT2D eigenvalue weighted by molar-refractivity contribution is -0.0641. The molecule has 0 aromatic carbocycles. The van der Waals surface area contributed by atoms with Crippen LogP contribution in [0.25, 0.3) is 0 Å². The van der Waals surface area contributed by atoms with Crippen LogP contribution in [-0.4, -0.2) is 24.8 Å². The lowest BCUT2D eigenvalue weighted by atomic mass is 9.80. The van der Waals surface area contributed by atoms with Gasteiger partial charge in [0.05, 0.1) is 12.2 Å². The minimum Gasteiger partial charge on any atom is -0.373 e. The zero-order chi connectivity index (χ0) is 15.0. The van der Waals surface area contributed by atoms with Gasteiger partial charge in [-0.25, -0.2) is 0 Å². The fraction of sp³-hybridized carbons (Fsp3) is 1.00. The van der Waals surface area contributed by atoms with Gasteiger partial charge < -0.3 is 10.1 Å². The molecule has 1 N–H and O–H groups in total. The molecule has 0 radical (unpaired) electrons. The maximum Gasteiger partial charge on any atom is 0.0729 e. The van der Waals surface area contributed by atoms with E-state index >= 15 is 0 Å². The highest BCUT2D eigenvalue weighted by Crippen LogP contribution is 2.32. The molecule has 2 heteroatoms. The van der Waals surface area contributed by atoms with E-state index in [9.17, 15) is 0 Å². The van der Waals surface area contributed by atoms with Crippen LogP contribution in [0.15, 0.2) is 0 Å². The molecular weight excluding hydrogens is 246 g/mol. The summed E-state index contributed by atoms with van der Waals surface area (Å²) >= 11 is 0. The summed E-state index contributed by atoms with van der Waals surface area (Å²) in [6, 6.07) is 0.541. The van der Waals surface area contributed by atoms with Crippen molar-refractivity contribution in [2.24, 2.45) is 11.8 Å². The van der Waals surface area contributed by atoms with Gasteiger partial charge in [-0.3, -0.25) is 0 Å². The minimum atomic E-state index is 0.395. The lowest BCUT2D eigenvalue weighted by Crippen LogP contribution is -2.44. The molecule has 1 rings (SSSR count). The monoisotopic (exact) mass is 283 g/mol. The topological polar surface area (TPSA) is 21.3 Å². The van der Waals surface area contributed by atoms with Crippen LogP contribution in [0, 0.1) is 11.8 Å². The second-order valence-corrected chi connectivity index (χ2v) is 6.82. The van der Waals surface area contributed by atoms with Crippen LogP contribution < -0.4 is 5.32 Å². The molecule has 0 aromatic rings. The zero-order valence-corrected chi connectivity index (χ0v) is 14.5. The van der Waals surface area contributed by atoms with Crippen LogP contribution in [0.5, 0.6) is 0 Å². The molecule has 0 amide bonds. The third-order valence-corrected chi connectivity index (χ3v) is 5.02. The predicted molar refractivity (Wildman–Crippen MR) is 88.1 cm³/mol. The third kappa shape index (κ3) is 5.73. The summed E-state index contributed by atoms with van der Waals surface area (Å²) in [6.07, 6.45) is 9.54. The standard InChI is InChI=1S/C18H37NO/c1-6-9-17(19-12-7-2)18(8-3)20-16-11-10-14(4)15(5)13-16/h14-19H,6-13H2,1-5H3. The van der Waals surface area contributed by atoms with Crippen molar-refractivity contribution in [1.82, 2.24) is 5.32 Å². The molecule has 120 valence electrons. The molecule has 1 fully saturated rings. The van der Waals surface area contributed by atoms with Crippen molar-refractivity contribution in [3.63, 3.8) is 0 Å². The van der Waals surface area contributed by atoms with E-state index < -0.39 is 0 Å².